The van der Waals surface area contributed by atoms with Crippen LogP contribution in [0.4, 0.5) is 4.39 Å². The van der Waals surface area contributed by atoms with Crippen molar-refractivity contribution in [2.45, 2.75) is 18.9 Å². The Morgan fingerprint density at radius 3 is 2.50 bits per heavy atom. The van der Waals surface area contributed by atoms with Gasteiger partial charge in [0.1, 0.15) is 5.82 Å². The van der Waals surface area contributed by atoms with Gasteiger partial charge in [-0.05, 0) is 42.6 Å². The van der Waals surface area contributed by atoms with E-state index in [0.717, 1.165) is 24.9 Å². The van der Waals surface area contributed by atoms with Gasteiger partial charge in [-0.3, -0.25) is 0 Å². The standard InChI is InChI=1S/C18H18FN/c19-17-8-6-16(7-9-17)18-13-15(10-11-20-18)12-14-4-2-1-3-5-14/h1-9,12,18,20H,10-11,13H2. The van der Waals surface area contributed by atoms with Crippen LogP contribution < -0.4 is 5.32 Å². The van der Waals surface area contributed by atoms with E-state index < -0.39 is 0 Å². The fourth-order valence-corrected chi connectivity index (χ4v) is 2.69. The minimum absolute atomic E-state index is 0.176. The molecule has 1 unspecified atom stereocenters. The van der Waals surface area contributed by atoms with Crippen LogP contribution in [0.15, 0.2) is 60.2 Å². The van der Waals surface area contributed by atoms with Crippen molar-refractivity contribution in [3.8, 4) is 0 Å². The van der Waals surface area contributed by atoms with Crippen molar-refractivity contribution >= 4 is 6.08 Å². The highest BCUT2D eigenvalue weighted by molar-refractivity contribution is 5.53. The van der Waals surface area contributed by atoms with Gasteiger partial charge < -0.3 is 5.32 Å². The Balaban J connectivity index is 1.76. The molecule has 3 rings (SSSR count). The highest BCUT2D eigenvalue weighted by Gasteiger charge is 2.17. The number of hydrogen-bond donors (Lipinski definition) is 1. The number of halogens is 1. The topological polar surface area (TPSA) is 12.0 Å². The minimum Gasteiger partial charge on any atom is -0.309 e. The van der Waals surface area contributed by atoms with E-state index in [9.17, 15) is 4.39 Å². The summed E-state index contributed by atoms with van der Waals surface area (Å²) in [5, 5.41) is 3.51. The van der Waals surface area contributed by atoms with E-state index >= 15 is 0 Å². The van der Waals surface area contributed by atoms with Gasteiger partial charge in [-0.2, -0.15) is 0 Å². The van der Waals surface area contributed by atoms with Crippen LogP contribution in [-0.2, 0) is 0 Å². The van der Waals surface area contributed by atoms with Crippen LogP contribution in [0.3, 0.4) is 0 Å². The van der Waals surface area contributed by atoms with Crippen molar-refractivity contribution in [1.82, 2.24) is 5.32 Å². The maximum Gasteiger partial charge on any atom is 0.123 e. The summed E-state index contributed by atoms with van der Waals surface area (Å²) in [7, 11) is 0. The van der Waals surface area contributed by atoms with E-state index in [2.05, 4.69) is 35.7 Å². The summed E-state index contributed by atoms with van der Waals surface area (Å²) in [5.41, 5.74) is 3.86. The lowest BCUT2D eigenvalue weighted by atomic mass is 9.92. The first-order chi connectivity index (χ1) is 9.81. The Hall–Kier alpha value is -1.93. The van der Waals surface area contributed by atoms with Crippen molar-refractivity contribution in [2.75, 3.05) is 6.54 Å². The molecule has 1 atom stereocenters. The predicted octanol–water partition coefficient (Wildman–Crippen LogP) is 4.33. The third-order valence-corrected chi connectivity index (χ3v) is 3.75. The molecule has 0 spiro atoms. The largest absolute Gasteiger partial charge is 0.309 e. The molecule has 1 heterocycles. The second kappa shape index (κ2) is 6.02. The molecule has 0 radical (unpaired) electrons. The Bertz CT molecular complexity index is 587. The minimum atomic E-state index is -0.176. The average Bonchev–Trinajstić information content (AvgIpc) is 2.49. The summed E-state index contributed by atoms with van der Waals surface area (Å²) in [6, 6.07) is 17.5. The second-order valence-electron chi connectivity index (χ2n) is 5.23. The molecule has 2 heteroatoms. The number of rotatable bonds is 2. The van der Waals surface area contributed by atoms with Crippen LogP contribution >= 0.6 is 0 Å². The van der Waals surface area contributed by atoms with Gasteiger partial charge in [-0.15, -0.1) is 0 Å². The summed E-state index contributed by atoms with van der Waals surface area (Å²) in [5.74, 6) is -0.176. The van der Waals surface area contributed by atoms with Gasteiger partial charge in [0.15, 0.2) is 0 Å². The molecular formula is C18H18FN. The molecule has 1 nitrogen and oxygen atoms in total. The average molecular weight is 267 g/mol. The van der Waals surface area contributed by atoms with Crippen molar-refractivity contribution in [1.29, 1.82) is 0 Å². The fourth-order valence-electron chi connectivity index (χ4n) is 2.69. The van der Waals surface area contributed by atoms with Crippen molar-refractivity contribution < 1.29 is 4.39 Å². The van der Waals surface area contributed by atoms with Crippen molar-refractivity contribution in [3.63, 3.8) is 0 Å². The molecule has 1 saturated heterocycles. The summed E-state index contributed by atoms with van der Waals surface area (Å²) >= 11 is 0. The molecular weight excluding hydrogens is 249 g/mol. The van der Waals surface area contributed by atoms with Gasteiger partial charge in [0.05, 0.1) is 0 Å². The first kappa shape index (κ1) is 13.1. The Kier molecular flexibility index (Phi) is 3.93. The van der Waals surface area contributed by atoms with E-state index in [1.165, 1.54) is 23.3 Å². The Morgan fingerprint density at radius 1 is 1.00 bits per heavy atom. The second-order valence-corrected chi connectivity index (χ2v) is 5.23. The lowest BCUT2D eigenvalue weighted by Gasteiger charge is -2.26. The van der Waals surface area contributed by atoms with Crippen LogP contribution in [0.25, 0.3) is 6.08 Å². The van der Waals surface area contributed by atoms with Gasteiger partial charge in [-0.25, -0.2) is 4.39 Å². The first-order valence-corrected chi connectivity index (χ1v) is 7.04. The third kappa shape index (κ3) is 3.14. The fraction of sp³-hybridized carbons (Fsp3) is 0.222. The molecule has 1 aliphatic heterocycles. The van der Waals surface area contributed by atoms with E-state index in [-0.39, 0.29) is 5.82 Å². The molecule has 102 valence electrons. The zero-order chi connectivity index (χ0) is 13.8. The summed E-state index contributed by atoms with van der Waals surface area (Å²) in [4.78, 5) is 0. The van der Waals surface area contributed by atoms with Crippen LogP contribution in [0.2, 0.25) is 0 Å². The van der Waals surface area contributed by atoms with Crippen LogP contribution in [0.1, 0.15) is 30.0 Å². The first-order valence-electron chi connectivity index (χ1n) is 7.04. The molecule has 0 aromatic heterocycles. The smallest absolute Gasteiger partial charge is 0.123 e. The monoisotopic (exact) mass is 267 g/mol. The van der Waals surface area contributed by atoms with E-state index in [0.29, 0.717) is 6.04 Å². The molecule has 2 aromatic rings. The van der Waals surface area contributed by atoms with Gasteiger partial charge in [0, 0.05) is 6.04 Å². The molecule has 0 aliphatic carbocycles. The number of hydrogen-bond acceptors (Lipinski definition) is 1. The normalized spacial score (nSPS) is 21.1. The highest BCUT2D eigenvalue weighted by Crippen LogP contribution is 2.28. The van der Waals surface area contributed by atoms with Gasteiger partial charge in [-0.1, -0.05) is 54.1 Å². The number of benzene rings is 2. The molecule has 0 saturated carbocycles. The molecule has 1 N–H and O–H groups in total. The Morgan fingerprint density at radius 2 is 1.75 bits per heavy atom. The lowest BCUT2D eigenvalue weighted by molar-refractivity contribution is 0.481. The van der Waals surface area contributed by atoms with Gasteiger partial charge >= 0.3 is 0 Å². The number of nitrogens with one attached hydrogen (secondary N) is 1. The summed E-state index contributed by atoms with van der Waals surface area (Å²) < 4.78 is 13.0. The predicted molar refractivity (Wildman–Crippen MR) is 80.8 cm³/mol. The quantitative estimate of drug-likeness (QED) is 0.853. The number of piperidine rings is 1. The van der Waals surface area contributed by atoms with E-state index in [1.54, 1.807) is 0 Å². The zero-order valence-corrected chi connectivity index (χ0v) is 11.4. The molecule has 2 aromatic carbocycles. The van der Waals surface area contributed by atoms with Gasteiger partial charge in [0.2, 0.25) is 0 Å². The van der Waals surface area contributed by atoms with Crippen molar-refractivity contribution in [3.05, 3.63) is 77.1 Å². The summed E-state index contributed by atoms with van der Waals surface area (Å²) in [6.07, 6.45) is 4.34. The highest BCUT2D eigenvalue weighted by atomic mass is 19.1. The zero-order valence-electron chi connectivity index (χ0n) is 11.4. The Labute approximate surface area is 119 Å². The van der Waals surface area contributed by atoms with Crippen LogP contribution in [-0.4, -0.2) is 6.54 Å². The lowest BCUT2D eigenvalue weighted by Crippen LogP contribution is -2.28. The maximum atomic E-state index is 13.0. The van der Waals surface area contributed by atoms with E-state index in [1.807, 2.05) is 18.2 Å². The summed E-state index contributed by atoms with van der Waals surface area (Å²) in [6.45, 7) is 0.973. The van der Waals surface area contributed by atoms with Crippen LogP contribution in [0.5, 0.6) is 0 Å². The SMILES string of the molecule is Fc1ccc(C2CC(=Cc3ccccc3)CCN2)cc1. The maximum absolute atomic E-state index is 13.0. The third-order valence-electron chi connectivity index (χ3n) is 3.75. The van der Waals surface area contributed by atoms with Crippen molar-refractivity contribution in [2.24, 2.45) is 0 Å². The molecule has 0 amide bonds. The van der Waals surface area contributed by atoms with Gasteiger partial charge in [0.25, 0.3) is 0 Å². The molecule has 0 bridgehead atoms. The molecule has 20 heavy (non-hydrogen) atoms. The molecule has 1 aliphatic rings. The molecule has 1 fully saturated rings. The van der Waals surface area contributed by atoms with Crippen LogP contribution in [0, 0.1) is 5.82 Å². The van der Waals surface area contributed by atoms with E-state index in [4.69, 9.17) is 0 Å².